The van der Waals surface area contributed by atoms with Crippen LogP contribution in [0.1, 0.15) is 26.2 Å². The van der Waals surface area contributed by atoms with Gasteiger partial charge in [0.1, 0.15) is 5.82 Å². The van der Waals surface area contributed by atoms with E-state index >= 15 is 0 Å². The van der Waals surface area contributed by atoms with E-state index in [-0.39, 0.29) is 34.9 Å². The van der Waals surface area contributed by atoms with Gasteiger partial charge in [-0.3, -0.25) is 4.79 Å². The summed E-state index contributed by atoms with van der Waals surface area (Å²) < 4.78 is 63.6. The van der Waals surface area contributed by atoms with Gasteiger partial charge in [0, 0.05) is 25.7 Å². The van der Waals surface area contributed by atoms with E-state index in [1.807, 2.05) is 0 Å². The van der Waals surface area contributed by atoms with Crippen LogP contribution in [-0.4, -0.2) is 69.1 Å². The Kier molecular flexibility index (Phi) is 6.11. The molecule has 0 aromatic heterocycles. The van der Waals surface area contributed by atoms with Crippen LogP contribution in [0.3, 0.4) is 0 Å². The first-order chi connectivity index (χ1) is 13.1. The molecule has 1 amide bonds. The van der Waals surface area contributed by atoms with Crippen LogP contribution in [0.2, 0.25) is 0 Å². The smallest absolute Gasteiger partial charge is 0.243 e. The largest absolute Gasteiger partial charge is 0.339 e. The lowest BCUT2D eigenvalue weighted by molar-refractivity contribution is -0.138. The van der Waals surface area contributed by atoms with E-state index in [9.17, 15) is 26.0 Å². The quantitative estimate of drug-likeness (QED) is 0.699. The number of carbonyl (C=O) groups excluding carboxylic acids is 1. The topological polar surface area (TPSA) is 91.8 Å². The highest BCUT2D eigenvalue weighted by Crippen LogP contribution is 2.27. The molecule has 3 rings (SSSR count). The summed E-state index contributed by atoms with van der Waals surface area (Å²) in [4.78, 5) is 14.6. The second kappa shape index (κ2) is 8.08. The number of carbonyl (C=O) groups is 1. The summed E-state index contributed by atoms with van der Waals surface area (Å²) in [5, 5.41) is 0. The highest BCUT2D eigenvalue weighted by atomic mass is 32.2. The number of sulfonamides is 1. The lowest BCUT2D eigenvalue weighted by atomic mass is 9.97. The number of piperidine rings is 1. The van der Waals surface area contributed by atoms with Crippen LogP contribution in [0.15, 0.2) is 29.2 Å². The molecular weight excluding hydrogens is 407 g/mol. The number of sulfone groups is 1. The third-order valence-corrected chi connectivity index (χ3v) is 9.09. The van der Waals surface area contributed by atoms with Crippen LogP contribution in [-0.2, 0) is 24.7 Å². The highest BCUT2D eigenvalue weighted by molar-refractivity contribution is 7.91. The number of halogens is 1. The van der Waals surface area contributed by atoms with Crippen molar-refractivity contribution in [3.05, 3.63) is 30.1 Å². The summed E-state index contributed by atoms with van der Waals surface area (Å²) in [6.45, 7) is 2.54. The van der Waals surface area contributed by atoms with Crippen LogP contribution in [0.25, 0.3) is 0 Å². The van der Waals surface area contributed by atoms with E-state index in [1.54, 1.807) is 11.8 Å². The predicted molar refractivity (Wildman–Crippen MR) is 102 cm³/mol. The Bertz CT molecular complexity index is 931. The molecule has 0 N–H and O–H groups in total. The summed E-state index contributed by atoms with van der Waals surface area (Å²) in [6, 6.07) is 4.29. The molecule has 0 radical (unpaired) electrons. The molecule has 0 aliphatic carbocycles. The molecule has 2 heterocycles. The normalized spacial score (nSPS) is 25.5. The van der Waals surface area contributed by atoms with Crippen molar-refractivity contribution < 1.29 is 26.0 Å². The minimum atomic E-state index is -3.82. The van der Waals surface area contributed by atoms with Gasteiger partial charge < -0.3 is 4.90 Å². The van der Waals surface area contributed by atoms with Crippen molar-refractivity contribution >= 4 is 25.8 Å². The molecule has 10 heteroatoms. The second-order valence-corrected chi connectivity index (χ2v) is 11.5. The standard InChI is InChI=1S/C18H25FN2O5S2/c1-2-21(16-9-11-27(23,24)13-16)18(22)14-4-3-10-20(12-14)28(25,26)17-7-5-15(19)6-8-17/h5-8,14,16H,2-4,9-13H2,1H3/t14-,16-/m0/s1. The number of benzene rings is 1. The van der Waals surface area contributed by atoms with Crippen LogP contribution in [0.4, 0.5) is 4.39 Å². The first-order valence-electron chi connectivity index (χ1n) is 9.40. The van der Waals surface area contributed by atoms with E-state index in [2.05, 4.69) is 0 Å². The molecule has 2 saturated heterocycles. The van der Waals surface area contributed by atoms with Gasteiger partial charge in [0.15, 0.2) is 9.84 Å². The minimum Gasteiger partial charge on any atom is -0.339 e. The third-order valence-electron chi connectivity index (χ3n) is 5.46. The number of hydrogen-bond donors (Lipinski definition) is 0. The lowest BCUT2D eigenvalue weighted by Gasteiger charge is -2.36. The van der Waals surface area contributed by atoms with E-state index in [1.165, 1.54) is 16.4 Å². The van der Waals surface area contributed by atoms with Crippen LogP contribution < -0.4 is 0 Å². The van der Waals surface area contributed by atoms with Crippen molar-refractivity contribution in [3.8, 4) is 0 Å². The monoisotopic (exact) mass is 432 g/mol. The third kappa shape index (κ3) is 4.38. The van der Waals surface area contributed by atoms with Crippen LogP contribution >= 0.6 is 0 Å². The van der Waals surface area contributed by atoms with E-state index in [4.69, 9.17) is 0 Å². The van der Waals surface area contributed by atoms with E-state index in [0.717, 1.165) is 12.1 Å². The summed E-state index contributed by atoms with van der Waals surface area (Å²) in [5.41, 5.74) is 0. The lowest BCUT2D eigenvalue weighted by Crippen LogP contribution is -2.49. The zero-order valence-electron chi connectivity index (χ0n) is 15.8. The average molecular weight is 433 g/mol. The average Bonchev–Trinajstić information content (AvgIpc) is 3.02. The number of hydrogen-bond acceptors (Lipinski definition) is 5. The Labute approximate surface area is 165 Å². The van der Waals surface area contributed by atoms with Crippen molar-refractivity contribution in [3.63, 3.8) is 0 Å². The molecular formula is C18H25FN2O5S2. The molecule has 7 nitrogen and oxygen atoms in total. The van der Waals surface area contributed by atoms with Crippen molar-refractivity contribution in [1.82, 2.24) is 9.21 Å². The van der Waals surface area contributed by atoms with Gasteiger partial charge in [-0.15, -0.1) is 0 Å². The van der Waals surface area contributed by atoms with E-state index in [0.29, 0.717) is 32.4 Å². The molecule has 0 bridgehead atoms. The fourth-order valence-electron chi connectivity index (χ4n) is 3.97. The molecule has 1 aromatic carbocycles. The maximum Gasteiger partial charge on any atom is 0.243 e. The molecule has 0 spiro atoms. The van der Waals surface area contributed by atoms with Gasteiger partial charge in [0.05, 0.1) is 22.3 Å². The SMILES string of the molecule is CCN(C(=O)[C@H]1CCCN(S(=O)(=O)c2ccc(F)cc2)C1)[C@H]1CCS(=O)(=O)C1. The van der Waals surface area contributed by atoms with Crippen molar-refractivity contribution in [1.29, 1.82) is 0 Å². The summed E-state index contributed by atoms with van der Waals surface area (Å²) in [7, 11) is -6.93. The Hall–Kier alpha value is -1.52. The van der Waals surface area contributed by atoms with Gasteiger partial charge in [0.2, 0.25) is 15.9 Å². The van der Waals surface area contributed by atoms with Gasteiger partial charge in [-0.1, -0.05) is 0 Å². The van der Waals surface area contributed by atoms with Gasteiger partial charge >= 0.3 is 0 Å². The number of rotatable bonds is 5. The summed E-state index contributed by atoms with van der Waals surface area (Å²) in [6.07, 6.45) is 1.52. The predicted octanol–water partition coefficient (Wildman–Crippen LogP) is 1.26. The fraction of sp³-hybridized carbons (Fsp3) is 0.611. The first-order valence-corrected chi connectivity index (χ1v) is 12.7. The van der Waals surface area contributed by atoms with Crippen LogP contribution in [0, 0.1) is 11.7 Å². The van der Waals surface area contributed by atoms with Crippen molar-refractivity contribution in [2.75, 3.05) is 31.1 Å². The molecule has 2 fully saturated rings. The number of nitrogens with zero attached hydrogens (tertiary/aromatic N) is 2. The maximum absolute atomic E-state index is 13.1. The Balaban J connectivity index is 1.75. The molecule has 156 valence electrons. The Morgan fingerprint density at radius 1 is 1.25 bits per heavy atom. The van der Waals surface area contributed by atoms with Gasteiger partial charge in [0.25, 0.3) is 0 Å². The highest BCUT2D eigenvalue weighted by Gasteiger charge is 2.39. The summed E-state index contributed by atoms with van der Waals surface area (Å²) >= 11 is 0. The minimum absolute atomic E-state index is 0.00349. The van der Waals surface area contributed by atoms with E-state index < -0.39 is 31.6 Å². The molecule has 2 aliphatic rings. The molecule has 1 aromatic rings. The first kappa shape index (κ1) is 21.2. The Morgan fingerprint density at radius 3 is 2.50 bits per heavy atom. The Morgan fingerprint density at radius 2 is 1.93 bits per heavy atom. The number of amides is 1. The fourth-order valence-corrected chi connectivity index (χ4v) is 7.22. The van der Waals surface area contributed by atoms with Gasteiger partial charge in [-0.25, -0.2) is 21.2 Å². The molecule has 2 aliphatic heterocycles. The van der Waals surface area contributed by atoms with Crippen molar-refractivity contribution in [2.24, 2.45) is 5.92 Å². The molecule has 0 saturated carbocycles. The summed E-state index contributed by atoms with van der Waals surface area (Å²) in [5.74, 6) is -1.17. The zero-order chi connectivity index (χ0) is 20.5. The van der Waals surface area contributed by atoms with Crippen molar-refractivity contribution in [2.45, 2.75) is 37.1 Å². The molecule has 28 heavy (non-hydrogen) atoms. The van der Waals surface area contributed by atoms with Crippen LogP contribution in [0.5, 0.6) is 0 Å². The molecule has 0 unspecified atom stereocenters. The zero-order valence-corrected chi connectivity index (χ0v) is 17.4. The second-order valence-electron chi connectivity index (χ2n) is 7.34. The maximum atomic E-state index is 13.1. The van der Waals surface area contributed by atoms with Gasteiger partial charge in [-0.2, -0.15) is 4.31 Å². The van der Waals surface area contributed by atoms with Gasteiger partial charge in [-0.05, 0) is 50.5 Å². The molecule has 2 atom stereocenters.